The van der Waals surface area contributed by atoms with Gasteiger partial charge in [0.2, 0.25) is 0 Å². The van der Waals surface area contributed by atoms with E-state index in [9.17, 15) is 14.7 Å². The Bertz CT molecular complexity index is 754. The Morgan fingerprint density at radius 1 is 1.11 bits per heavy atom. The molecule has 0 heterocycles. The van der Waals surface area contributed by atoms with Crippen LogP contribution in [0.15, 0.2) is 35.4 Å². The Labute approximate surface area is 169 Å². The first-order chi connectivity index (χ1) is 13.1. The van der Waals surface area contributed by atoms with Crippen LogP contribution in [0.4, 0.5) is 0 Å². The molecule has 0 fully saturated rings. The van der Waals surface area contributed by atoms with E-state index in [1.807, 2.05) is 6.92 Å². The van der Waals surface area contributed by atoms with Crippen molar-refractivity contribution in [3.05, 3.63) is 46.6 Å². The van der Waals surface area contributed by atoms with Gasteiger partial charge in [-0.3, -0.25) is 9.59 Å². The fraction of sp³-hybridized carbons (Fsp3) is 0.500. The van der Waals surface area contributed by atoms with Gasteiger partial charge in [0.15, 0.2) is 5.78 Å². The minimum atomic E-state index is -0.374. The van der Waals surface area contributed by atoms with Gasteiger partial charge in [0.25, 0.3) is 0 Å². The van der Waals surface area contributed by atoms with Gasteiger partial charge in [0, 0.05) is 18.9 Å². The molecule has 4 nitrogen and oxygen atoms in total. The molecule has 1 N–H and O–H groups in total. The molecule has 1 aromatic rings. The second-order valence-electron chi connectivity index (χ2n) is 8.00. The zero-order chi connectivity index (χ0) is 21.3. The third-order valence-corrected chi connectivity index (χ3v) is 4.46. The Hall–Kier alpha value is -2.36. The average molecular weight is 387 g/mol. The summed E-state index contributed by atoms with van der Waals surface area (Å²) in [6, 6.07) is 3.35. The summed E-state index contributed by atoms with van der Waals surface area (Å²) in [6.07, 6.45) is 7.88. The summed E-state index contributed by atoms with van der Waals surface area (Å²) in [7, 11) is 0. The van der Waals surface area contributed by atoms with Crippen LogP contribution < -0.4 is 4.74 Å². The molecule has 4 heteroatoms. The van der Waals surface area contributed by atoms with Crippen LogP contribution in [-0.4, -0.2) is 16.9 Å². The molecule has 0 atom stereocenters. The third-order valence-electron chi connectivity index (χ3n) is 4.46. The maximum absolute atomic E-state index is 11.8. The number of hydrogen-bond acceptors (Lipinski definition) is 4. The topological polar surface area (TPSA) is 63.6 Å². The molecule has 0 unspecified atom stereocenters. The Kier molecular flexibility index (Phi) is 9.70. The number of esters is 1. The number of hydrogen-bond donors (Lipinski definition) is 1. The zero-order valence-electron chi connectivity index (χ0n) is 18.1. The Balaban J connectivity index is 2.64. The molecule has 1 rings (SSSR count). The van der Waals surface area contributed by atoms with Crippen molar-refractivity contribution in [3.63, 3.8) is 0 Å². The normalized spacial score (nSPS) is 12.4. The van der Waals surface area contributed by atoms with Gasteiger partial charge in [0.1, 0.15) is 11.5 Å². The van der Waals surface area contributed by atoms with E-state index in [2.05, 4.69) is 26.8 Å². The smallest absolute Gasteiger partial charge is 0.308 e. The molecule has 0 amide bonds. The number of rotatable bonds is 10. The Morgan fingerprint density at radius 2 is 1.75 bits per heavy atom. The van der Waals surface area contributed by atoms with Crippen LogP contribution in [-0.2, 0) is 16.0 Å². The summed E-state index contributed by atoms with van der Waals surface area (Å²) < 4.78 is 5.27. The van der Waals surface area contributed by atoms with E-state index in [1.54, 1.807) is 25.1 Å². The lowest BCUT2D eigenvalue weighted by Gasteiger charge is -2.11. The van der Waals surface area contributed by atoms with E-state index < -0.39 is 0 Å². The average Bonchev–Trinajstić information content (AvgIpc) is 2.55. The summed E-state index contributed by atoms with van der Waals surface area (Å²) in [5, 5.41) is 9.96. The third kappa shape index (κ3) is 9.03. The van der Waals surface area contributed by atoms with Crippen LogP contribution in [0.3, 0.4) is 0 Å². The van der Waals surface area contributed by atoms with Crippen molar-refractivity contribution in [2.75, 3.05) is 0 Å². The van der Waals surface area contributed by atoms with Crippen molar-refractivity contribution in [2.24, 2.45) is 5.92 Å². The first-order valence-electron chi connectivity index (χ1n) is 9.95. The van der Waals surface area contributed by atoms with Crippen molar-refractivity contribution in [3.8, 4) is 11.5 Å². The summed E-state index contributed by atoms with van der Waals surface area (Å²) in [5.74, 6) is 0.913. The number of allylic oxidation sites excluding steroid dienone is 4. The number of ether oxygens (including phenoxy) is 1. The second kappa shape index (κ2) is 11.5. The van der Waals surface area contributed by atoms with Crippen molar-refractivity contribution in [1.82, 2.24) is 0 Å². The first kappa shape index (κ1) is 23.7. The van der Waals surface area contributed by atoms with Gasteiger partial charge in [-0.25, -0.2) is 0 Å². The van der Waals surface area contributed by atoms with Crippen molar-refractivity contribution in [1.29, 1.82) is 0 Å². The summed E-state index contributed by atoms with van der Waals surface area (Å²) in [6.45, 7) is 11.3. The predicted molar refractivity (Wildman–Crippen MR) is 114 cm³/mol. The number of aromatic hydroxyl groups is 1. The van der Waals surface area contributed by atoms with Gasteiger partial charge < -0.3 is 9.84 Å². The Morgan fingerprint density at radius 3 is 2.36 bits per heavy atom. The van der Waals surface area contributed by atoms with Crippen LogP contribution in [0.5, 0.6) is 11.5 Å². The van der Waals surface area contributed by atoms with Gasteiger partial charge in [-0.1, -0.05) is 31.1 Å². The second-order valence-corrected chi connectivity index (χ2v) is 8.00. The lowest BCUT2D eigenvalue weighted by molar-refractivity contribution is -0.132. The summed E-state index contributed by atoms with van der Waals surface area (Å²) >= 11 is 0. The zero-order valence-corrected chi connectivity index (χ0v) is 18.1. The summed E-state index contributed by atoms with van der Waals surface area (Å²) in [4.78, 5) is 23.1. The molecule has 154 valence electrons. The van der Waals surface area contributed by atoms with E-state index >= 15 is 0 Å². The lowest BCUT2D eigenvalue weighted by Crippen LogP contribution is -2.04. The van der Waals surface area contributed by atoms with E-state index in [0.717, 1.165) is 30.4 Å². The number of benzene rings is 1. The van der Waals surface area contributed by atoms with Gasteiger partial charge in [0.05, 0.1) is 0 Å². The number of ketones is 1. The minimum Gasteiger partial charge on any atom is -0.508 e. The molecule has 0 saturated heterocycles. The van der Waals surface area contributed by atoms with E-state index in [1.165, 1.54) is 12.5 Å². The first-order valence-corrected chi connectivity index (χ1v) is 9.95. The molecule has 0 aliphatic rings. The molecule has 0 saturated carbocycles. The van der Waals surface area contributed by atoms with Crippen LogP contribution in [0, 0.1) is 12.8 Å². The van der Waals surface area contributed by atoms with Crippen molar-refractivity contribution >= 4 is 11.8 Å². The van der Waals surface area contributed by atoms with Crippen molar-refractivity contribution in [2.45, 2.75) is 73.6 Å². The van der Waals surface area contributed by atoms with E-state index in [-0.39, 0.29) is 17.5 Å². The SMILES string of the molecule is CC(=O)Oc1cc(C)c(O)cc1CC=C(C)CCCC(C)=CC(=O)CC(C)C. The highest BCUT2D eigenvalue weighted by atomic mass is 16.5. The summed E-state index contributed by atoms with van der Waals surface area (Å²) in [5.41, 5.74) is 3.82. The molecule has 28 heavy (non-hydrogen) atoms. The lowest BCUT2D eigenvalue weighted by atomic mass is 10.0. The molecule has 0 aromatic heterocycles. The minimum absolute atomic E-state index is 0.198. The standard InChI is InChI=1S/C24H34O4/c1-16(2)12-22(26)13-18(4)9-7-8-17(3)10-11-21-15-23(27)19(5)14-24(21)28-20(6)25/h10,13-16,27H,7-9,11-12H2,1-6H3. The quantitative estimate of drug-likeness (QED) is 0.237. The predicted octanol–water partition coefficient (Wildman–Crippen LogP) is 5.85. The largest absolute Gasteiger partial charge is 0.508 e. The molecule has 0 aliphatic carbocycles. The molecular formula is C24H34O4. The van der Waals surface area contributed by atoms with E-state index in [0.29, 0.717) is 30.1 Å². The number of carbonyl (C=O) groups is 2. The number of phenolic OH excluding ortho intramolecular Hbond substituents is 1. The molecule has 0 radical (unpaired) electrons. The highest BCUT2D eigenvalue weighted by Crippen LogP contribution is 2.29. The molecule has 0 spiro atoms. The number of carbonyl (C=O) groups excluding carboxylic acids is 2. The van der Waals surface area contributed by atoms with E-state index in [4.69, 9.17) is 4.74 Å². The van der Waals surface area contributed by atoms with Gasteiger partial charge in [-0.2, -0.15) is 0 Å². The number of aryl methyl sites for hydroxylation is 1. The molecule has 1 aromatic carbocycles. The van der Waals surface area contributed by atoms with Crippen LogP contribution in [0.2, 0.25) is 0 Å². The molecule has 0 bridgehead atoms. The van der Waals surface area contributed by atoms with Crippen LogP contribution in [0.25, 0.3) is 0 Å². The van der Waals surface area contributed by atoms with Crippen LogP contribution >= 0.6 is 0 Å². The maximum Gasteiger partial charge on any atom is 0.308 e. The van der Waals surface area contributed by atoms with Crippen molar-refractivity contribution < 1.29 is 19.4 Å². The fourth-order valence-electron chi connectivity index (χ4n) is 2.96. The molecule has 0 aliphatic heterocycles. The van der Waals surface area contributed by atoms with Gasteiger partial charge in [-0.05, 0) is 76.1 Å². The highest BCUT2D eigenvalue weighted by molar-refractivity contribution is 5.90. The van der Waals surface area contributed by atoms with Gasteiger partial charge in [-0.15, -0.1) is 0 Å². The number of phenols is 1. The fourth-order valence-corrected chi connectivity index (χ4v) is 2.96. The monoisotopic (exact) mass is 386 g/mol. The molecular weight excluding hydrogens is 352 g/mol. The highest BCUT2D eigenvalue weighted by Gasteiger charge is 2.10. The van der Waals surface area contributed by atoms with Gasteiger partial charge >= 0.3 is 5.97 Å². The van der Waals surface area contributed by atoms with Crippen LogP contribution in [0.1, 0.15) is 71.4 Å². The maximum atomic E-state index is 11.8.